The van der Waals surface area contributed by atoms with Gasteiger partial charge >= 0.3 is 6.16 Å². The Morgan fingerprint density at radius 2 is 2.00 bits per heavy atom. The molecule has 0 bridgehead atoms. The molecule has 0 saturated carbocycles. The van der Waals surface area contributed by atoms with E-state index in [-0.39, 0.29) is 0 Å². The molecule has 0 N–H and O–H groups in total. The Labute approximate surface area is 82.9 Å². The van der Waals surface area contributed by atoms with E-state index in [1.807, 2.05) is 0 Å². The second-order valence-corrected chi connectivity index (χ2v) is 4.37. The van der Waals surface area contributed by atoms with E-state index < -0.39 is 22.2 Å². The van der Waals surface area contributed by atoms with Crippen LogP contribution in [-0.2, 0) is 9.47 Å². The maximum absolute atomic E-state index is 10.5. The predicted molar refractivity (Wildman–Crippen MR) is 41.0 cm³/mol. The van der Waals surface area contributed by atoms with Crippen LogP contribution < -0.4 is 0 Å². The lowest BCUT2D eigenvalue weighted by molar-refractivity contribution is 0.118. The van der Waals surface area contributed by atoms with E-state index in [0.717, 1.165) is 0 Å². The molecular formula is C5H2Cl3NO3. The van der Waals surface area contributed by atoms with E-state index in [4.69, 9.17) is 40.1 Å². The first-order valence-electron chi connectivity index (χ1n) is 2.79. The summed E-state index contributed by atoms with van der Waals surface area (Å²) >= 11 is 16.2. The van der Waals surface area contributed by atoms with Gasteiger partial charge in [-0.15, -0.1) is 0 Å². The lowest BCUT2D eigenvalue weighted by Crippen LogP contribution is -2.34. The van der Waals surface area contributed by atoms with E-state index in [1.54, 1.807) is 6.07 Å². The Balaban J connectivity index is 2.79. The topological polar surface area (TPSA) is 59.3 Å². The second kappa shape index (κ2) is 3.17. The first kappa shape index (κ1) is 9.72. The van der Waals surface area contributed by atoms with Crippen LogP contribution >= 0.6 is 34.8 Å². The minimum absolute atomic E-state index is 1.00. The standard InChI is InChI=1S/C5H2Cl3NO3/c6-5(7,8)3-2(1-9)11-4(10)12-3/h2-3H/t2-,3-/m1/s1. The number of hydrogen-bond acceptors (Lipinski definition) is 4. The van der Waals surface area contributed by atoms with Crippen LogP contribution in [-0.4, -0.2) is 22.2 Å². The van der Waals surface area contributed by atoms with Crippen molar-refractivity contribution in [1.29, 1.82) is 5.26 Å². The fourth-order valence-corrected chi connectivity index (χ4v) is 1.17. The molecule has 1 aliphatic rings. The number of carbonyl (C=O) groups is 1. The van der Waals surface area contributed by atoms with Crippen LogP contribution in [0.15, 0.2) is 0 Å². The number of carbonyl (C=O) groups excluding carboxylic acids is 1. The Morgan fingerprint density at radius 1 is 1.42 bits per heavy atom. The average molecular weight is 230 g/mol. The van der Waals surface area contributed by atoms with Gasteiger partial charge in [-0.1, -0.05) is 34.8 Å². The van der Waals surface area contributed by atoms with Crippen LogP contribution in [0.5, 0.6) is 0 Å². The fourth-order valence-electron chi connectivity index (χ4n) is 0.691. The van der Waals surface area contributed by atoms with Gasteiger partial charge in [0.15, 0.2) is 0 Å². The van der Waals surface area contributed by atoms with Crippen LogP contribution in [0, 0.1) is 11.3 Å². The van der Waals surface area contributed by atoms with Gasteiger partial charge in [-0.3, -0.25) is 0 Å². The molecule has 0 aromatic heterocycles. The molecule has 0 unspecified atom stereocenters. The van der Waals surface area contributed by atoms with E-state index in [2.05, 4.69) is 9.47 Å². The summed E-state index contributed by atoms with van der Waals surface area (Å²) in [5, 5.41) is 8.43. The third-order valence-electron chi connectivity index (χ3n) is 1.17. The molecule has 4 nitrogen and oxygen atoms in total. The lowest BCUT2D eigenvalue weighted by atomic mass is 10.2. The summed E-state index contributed by atoms with van der Waals surface area (Å²) in [5.41, 5.74) is 0. The maximum atomic E-state index is 10.5. The number of alkyl halides is 3. The van der Waals surface area contributed by atoms with Crippen molar-refractivity contribution in [1.82, 2.24) is 0 Å². The lowest BCUT2D eigenvalue weighted by Gasteiger charge is -2.17. The van der Waals surface area contributed by atoms with Gasteiger partial charge in [0.05, 0.1) is 0 Å². The molecule has 1 fully saturated rings. The zero-order chi connectivity index (χ0) is 9.35. The smallest absolute Gasteiger partial charge is 0.421 e. The monoisotopic (exact) mass is 229 g/mol. The van der Waals surface area contributed by atoms with Crippen molar-refractivity contribution < 1.29 is 14.3 Å². The molecule has 12 heavy (non-hydrogen) atoms. The number of ether oxygens (including phenoxy) is 2. The molecule has 0 amide bonds. The minimum Gasteiger partial charge on any atom is -0.421 e. The van der Waals surface area contributed by atoms with Crippen molar-refractivity contribution in [3.05, 3.63) is 0 Å². The summed E-state index contributed by atoms with van der Waals surface area (Å²) in [7, 11) is 0. The van der Waals surface area contributed by atoms with E-state index >= 15 is 0 Å². The average Bonchev–Trinajstić information content (AvgIpc) is 2.29. The Kier molecular flexibility index (Phi) is 2.57. The number of nitrogens with zero attached hydrogens (tertiary/aromatic N) is 1. The summed E-state index contributed by atoms with van der Waals surface area (Å²) in [4.78, 5) is 10.5. The van der Waals surface area contributed by atoms with Gasteiger partial charge in [0.2, 0.25) is 16.0 Å². The molecule has 7 heteroatoms. The van der Waals surface area contributed by atoms with Crippen molar-refractivity contribution in [2.24, 2.45) is 0 Å². The molecule has 0 aromatic rings. The second-order valence-electron chi connectivity index (χ2n) is 2.00. The summed E-state index contributed by atoms with van der Waals surface area (Å²) < 4.78 is 6.98. The Hall–Kier alpha value is -0.370. The van der Waals surface area contributed by atoms with Gasteiger partial charge in [-0.25, -0.2) is 4.79 Å². The van der Waals surface area contributed by atoms with Crippen molar-refractivity contribution in [3.63, 3.8) is 0 Å². The molecule has 1 saturated heterocycles. The largest absolute Gasteiger partial charge is 0.510 e. The third-order valence-corrected chi connectivity index (χ3v) is 1.82. The quantitative estimate of drug-likeness (QED) is 0.470. The molecule has 1 aliphatic heterocycles. The van der Waals surface area contributed by atoms with Gasteiger partial charge in [0.25, 0.3) is 0 Å². The minimum atomic E-state index is -1.84. The fraction of sp³-hybridized carbons (Fsp3) is 0.600. The van der Waals surface area contributed by atoms with Crippen molar-refractivity contribution in [3.8, 4) is 6.07 Å². The van der Waals surface area contributed by atoms with E-state index in [9.17, 15) is 4.79 Å². The molecule has 1 heterocycles. The van der Waals surface area contributed by atoms with E-state index in [0.29, 0.717) is 0 Å². The summed E-state index contributed by atoms with van der Waals surface area (Å²) in [6, 6.07) is 1.63. The number of rotatable bonds is 0. The third kappa shape index (κ3) is 1.86. The number of cyclic esters (lactones) is 2. The highest BCUT2D eigenvalue weighted by molar-refractivity contribution is 6.68. The molecular weight excluding hydrogens is 228 g/mol. The highest BCUT2D eigenvalue weighted by Gasteiger charge is 2.49. The first-order chi connectivity index (χ1) is 5.45. The normalized spacial score (nSPS) is 29.0. The molecule has 0 spiro atoms. The highest BCUT2D eigenvalue weighted by Crippen LogP contribution is 2.37. The molecule has 2 atom stereocenters. The number of halogens is 3. The Morgan fingerprint density at radius 3 is 2.33 bits per heavy atom. The van der Waals surface area contributed by atoms with Gasteiger partial charge in [0.1, 0.15) is 6.07 Å². The number of nitriles is 1. The zero-order valence-electron chi connectivity index (χ0n) is 5.46. The van der Waals surface area contributed by atoms with Gasteiger partial charge in [-0.2, -0.15) is 5.26 Å². The first-order valence-corrected chi connectivity index (χ1v) is 3.92. The molecule has 0 radical (unpaired) electrons. The SMILES string of the molecule is N#C[C@H]1OC(=O)O[C@H]1C(Cl)(Cl)Cl. The summed E-state index contributed by atoms with van der Waals surface area (Å²) in [5.74, 6) is 0. The predicted octanol–water partition coefficient (Wildman–Crippen LogP) is 1.78. The van der Waals surface area contributed by atoms with Crippen LogP contribution in [0.4, 0.5) is 4.79 Å². The molecule has 66 valence electrons. The molecule has 0 aliphatic carbocycles. The Bertz CT molecular complexity index is 243. The van der Waals surface area contributed by atoms with Crippen LogP contribution in [0.2, 0.25) is 0 Å². The summed E-state index contributed by atoms with van der Waals surface area (Å²) in [6.45, 7) is 0. The maximum Gasteiger partial charge on any atom is 0.510 e. The van der Waals surface area contributed by atoms with Gasteiger partial charge < -0.3 is 9.47 Å². The van der Waals surface area contributed by atoms with Crippen molar-refractivity contribution in [2.75, 3.05) is 0 Å². The van der Waals surface area contributed by atoms with Crippen LogP contribution in [0.25, 0.3) is 0 Å². The number of hydrogen-bond donors (Lipinski definition) is 0. The van der Waals surface area contributed by atoms with E-state index in [1.165, 1.54) is 0 Å². The highest BCUT2D eigenvalue weighted by atomic mass is 35.6. The molecule has 1 rings (SSSR count). The van der Waals surface area contributed by atoms with Crippen molar-refractivity contribution in [2.45, 2.75) is 16.0 Å². The zero-order valence-corrected chi connectivity index (χ0v) is 7.73. The van der Waals surface area contributed by atoms with Crippen LogP contribution in [0.1, 0.15) is 0 Å². The van der Waals surface area contributed by atoms with Crippen LogP contribution in [0.3, 0.4) is 0 Å². The summed E-state index contributed by atoms with van der Waals surface area (Å²) in [6.07, 6.45) is -3.33. The van der Waals surface area contributed by atoms with Crippen molar-refractivity contribution >= 4 is 41.0 Å². The molecule has 0 aromatic carbocycles. The van der Waals surface area contributed by atoms with Gasteiger partial charge in [-0.05, 0) is 0 Å². The van der Waals surface area contributed by atoms with Gasteiger partial charge in [0, 0.05) is 0 Å².